The minimum Gasteiger partial charge on any atom is -0.469 e. The Morgan fingerprint density at radius 2 is 2.07 bits per heavy atom. The number of hydroxylamine groups is 1. The molecule has 0 bridgehead atoms. The van der Waals surface area contributed by atoms with Gasteiger partial charge in [0.25, 0.3) is 0 Å². The molecule has 0 aromatic rings. The van der Waals surface area contributed by atoms with Gasteiger partial charge in [-0.3, -0.25) is 9.63 Å². The molecule has 1 unspecified atom stereocenters. The van der Waals surface area contributed by atoms with Crippen molar-refractivity contribution in [2.75, 3.05) is 13.7 Å². The van der Waals surface area contributed by atoms with Gasteiger partial charge in [-0.1, -0.05) is 0 Å². The van der Waals surface area contributed by atoms with Gasteiger partial charge in [-0.25, -0.2) is 0 Å². The second-order valence-electron chi connectivity index (χ2n) is 2.70. The van der Waals surface area contributed by atoms with E-state index in [1.165, 1.54) is 14.0 Å². The molecule has 0 aromatic heterocycles. The van der Waals surface area contributed by atoms with E-state index in [1.807, 2.05) is 0 Å². The fraction of sp³-hybridized carbons (Fsp3) is 0.857. The predicted octanol–water partition coefficient (Wildman–Crippen LogP) is 1.02. The number of esters is 1. The summed E-state index contributed by atoms with van der Waals surface area (Å²) in [5, 5.41) is 0. The molecule has 0 amide bonds. The van der Waals surface area contributed by atoms with Gasteiger partial charge in [0, 0.05) is 6.04 Å². The van der Waals surface area contributed by atoms with E-state index < -0.39 is 24.8 Å². The van der Waals surface area contributed by atoms with Crippen LogP contribution in [0.25, 0.3) is 0 Å². The normalized spacial score (nSPS) is 13.8. The summed E-state index contributed by atoms with van der Waals surface area (Å²) in [5.74, 6) is -0.513. The molecule has 1 atom stereocenters. The molecular formula is C7H12F3NO3. The lowest BCUT2D eigenvalue weighted by Gasteiger charge is -2.13. The summed E-state index contributed by atoms with van der Waals surface area (Å²) in [5.41, 5.74) is 2.08. The number of ether oxygens (including phenoxy) is 1. The van der Waals surface area contributed by atoms with Crippen molar-refractivity contribution < 1.29 is 27.5 Å². The van der Waals surface area contributed by atoms with Crippen LogP contribution in [0.1, 0.15) is 13.3 Å². The Hall–Kier alpha value is -0.820. The molecule has 0 fully saturated rings. The topological polar surface area (TPSA) is 47.6 Å². The first-order valence-electron chi connectivity index (χ1n) is 3.86. The van der Waals surface area contributed by atoms with Crippen LogP contribution in [0.5, 0.6) is 0 Å². The Bertz CT molecular complexity index is 184. The Balaban J connectivity index is 3.54. The monoisotopic (exact) mass is 215 g/mol. The van der Waals surface area contributed by atoms with Crippen molar-refractivity contribution in [3.05, 3.63) is 0 Å². The van der Waals surface area contributed by atoms with Gasteiger partial charge in [0.2, 0.25) is 0 Å². The third kappa shape index (κ3) is 7.81. The number of methoxy groups -OCH3 is 1. The first kappa shape index (κ1) is 13.2. The first-order valence-corrected chi connectivity index (χ1v) is 3.86. The number of nitrogens with one attached hydrogen (secondary N) is 1. The molecular weight excluding hydrogens is 203 g/mol. The molecule has 7 heteroatoms. The summed E-state index contributed by atoms with van der Waals surface area (Å²) in [6.07, 6.45) is -4.42. The van der Waals surface area contributed by atoms with Crippen molar-refractivity contribution in [2.24, 2.45) is 0 Å². The number of hydrogen-bond donors (Lipinski definition) is 1. The highest BCUT2D eigenvalue weighted by Gasteiger charge is 2.28. The average Bonchev–Trinajstić information content (AvgIpc) is 2.01. The van der Waals surface area contributed by atoms with Crippen LogP contribution < -0.4 is 5.48 Å². The standard InChI is InChI=1S/C7H12F3NO3/c1-5(3-6(12)13-2)11-14-4-7(8,9)10/h5,11H,3-4H2,1-2H3. The van der Waals surface area contributed by atoms with Crippen molar-refractivity contribution in [1.82, 2.24) is 5.48 Å². The molecule has 0 heterocycles. The third-order valence-electron chi connectivity index (χ3n) is 1.22. The fourth-order valence-corrected chi connectivity index (χ4v) is 0.641. The van der Waals surface area contributed by atoms with E-state index in [-0.39, 0.29) is 6.42 Å². The summed E-state index contributed by atoms with van der Waals surface area (Å²) in [6.45, 7) is 0.117. The Kier molecular flexibility index (Phi) is 5.47. The van der Waals surface area contributed by atoms with Crippen LogP contribution in [0.15, 0.2) is 0 Å². The van der Waals surface area contributed by atoms with Crippen molar-refractivity contribution in [3.8, 4) is 0 Å². The molecule has 4 nitrogen and oxygen atoms in total. The van der Waals surface area contributed by atoms with E-state index in [0.29, 0.717) is 0 Å². The molecule has 0 aliphatic heterocycles. The highest BCUT2D eigenvalue weighted by Crippen LogP contribution is 2.13. The SMILES string of the molecule is COC(=O)CC(C)NOCC(F)(F)F. The fourth-order valence-electron chi connectivity index (χ4n) is 0.641. The molecule has 0 saturated carbocycles. The molecule has 0 aromatic carbocycles. The van der Waals surface area contributed by atoms with Gasteiger partial charge in [0.05, 0.1) is 13.5 Å². The zero-order chi connectivity index (χ0) is 11.2. The second kappa shape index (κ2) is 5.82. The molecule has 0 rings (SSSR count). The average molecular weight is 215 g/mol. The maximum absolute atomic E-state index is 11.6. The van der Waals surface area contributed by atoms with Gasteiger partial charge in [-0.2, -0.15) is 18.7 Å². The summed E-state index contributed by atoms with van der Waals surface area (Å²) in [7, 11) is 1.20. The van der Waals surface area contributed by atoms with Crippen molar-refractivity contribution in [2.45, 2.75) is 25.6 Å². The van der Waals surface area contributed by atoms with E-state index in [2.05, 4.69) is 15.1 Å². The smallest absolute Gasteiger partial charge is 0.413 e. The Morgan fingerprint density at radius 1 is 1.50 bits per heavy atom. The Morgan fingerprint density at radius 3 is 2.50 bits per heavy atom. The molecule has 1 N–H and O–H groups in total. The second-order valence-corrected chi connectivity index (χ2v) is 2.70. The van der Waals surface area contributed by atoms with Gasteiger partial charge < -0.3 is 4.74 Å². The van der Waals surface area contributed by atoms with E-state index in [0.717, 1.165) is 0 Å². The van der Waals surface area contributed by atoms with Crippen LogP contribution in [0.2, 0.25) is 0 Å². The van der Waals surface area contributed by atoms with Crippen LogP contribution in [0, 0.1) is 0 Å². The van der Waals surface area contributed by atoms with Crippen molar-refractivity contribution >= 4 is 5.97 Å². The highest BCUT2D eigenvalue weighted by molar-refractivity contribution is 5.69. The lowest BCUT2D eigenvalue weighted by atomic mass is 10.2. The maximum Gasteiger partial charge on any atom is 0.413 e. The highest BCUT2D eigenvalue weighted by atomic mass is 19.4. The van der Waals surface area contributed by atoms with Crippen LogP contribution in [0.3, 0.4) is 0 Å². The number of hydrogen-bond acceptors (Lipinski definition) is 4. The summed E-state index contributed by atoms with van der Waals surface area (Å²) >= 11 is 0. The molecule has 84 valence electrons. The number of carbonyl (C=O) groups excluding carboxylic acids is 1. The van der Waals surface area contributed by atoms with Gasteiger partial charge in [-0.15, -0.1) is 0 Å². The van der Waals surface area contributed by atoms with Crippen molar-refractivity contribution in [1.29, 1.82) is 0 Å². The number of halogens is 3. The minimum absolute atomic E-state index is 0.0473. The Labute approximate surface area is 79.3 Å². The molecule has 14 heavy (non-hydrogen) atoms. The zero-order valence-electron chi connectivity index (χ0n) is 7.85. The van der Waals surface area contributed by atoms with Gasteiger partial charge >= 0.3 is 12.1 Å². The van der Waals surface area contributed by atoms with Gasteiger partial charge in [-0.05, 0) is 6.92 Å². The summed E-state index contributed by atoms with van der Waals surface area (Å²) in [4.78, 5) is 14.8. The van der Waals surface area contributed by atoms with Crippen LogP contribution >= 0.6 is 0 Å². The molecule has 0 aliphatic carbocycles. The predicted molar refractivity (Wildman–Crippen MR) is 41.2 cm³/mol. The molecule has 0 spiro atoms. The molecule has 0 saturated heterocycles. The van der Waals surface area contributed by atoms with E-state index >= 15 is 0 Å². The first-order chi connectivity index (χ1) is 6.35. The van der Waals surface area contributed by atoms with E-state index in [9.17, 15) is 18.0 Å². The molecule has 0 radical (unpaired) electrons. The number of rotatable bonds is 5. The summed E-state index contributed by atoms with van der Waals surface area (Å²) in [6, 6.07) is -0.523. The largest absolute Gasteiger partial charge is 0.469 e. The maximum atomic E-state index is 11.6. The van der Waals surface area contributed by atoms with Crippen LogP contribution in [0.4, 0.5) is 13.2 Å². The number of carbonyl (C=O) groups is 1. The van der Waals surface area contributed by atoms with Crippen LogP contribution in [-0.2, 0) is 14.4 Å². The van der Waals surface area contributed by atoms with Crippen LogP contribution in [-0.4, -0.2) is 31.9 Å². The minimum atomic E-state index is -4.38. The lowest BCUT2D eigenvalue weighted by molar-refractivity contribution is -0.192. The third-order valence-corrected chi connectivity index (χ3v) is 1.22. The van der Waals surface area contributed by atoms with Gasteiger partial charge in [0.15, 0.2) is 6.61 Å². The lowest BCUT2D eigenvalue weighted by Crippen LogP contribution is -2.32. The van der Waals surface area contributed by atoms with Gasteiger partial charge in [0.1, 0.15) is 0 Å². The van der Waals surface area contributed by atoms with E-state index in [4.69, 9.17) is 0 Å². The number of alkyl halides is 3. The van der Waals surface area contributed by atoms with E-state index in [1.54, 1.807) is 0 Å². The molecule has 0 aliphatic rings. The van der Waals surface area contributed by atoms with Crippen molar-refractivity contribution in [3.63, 3.8) is 0 Å². The zero-order valence-corrected chi connectivity index (χ0v) is 7.85. The quantitative estimate of drug-likeness (QED) is 0.549. The summed E-state index contributed by atoms with van der Waals surface area (Å²) < 4.78 is 39.0.